The number of thiophene rings is 1. The predicted octanol–water partition coefficient (Wildman–Crippen LogP) is 4.65. The van der Waals surface area contributed by atoms with Crippen LogP contribution in [0.25, 0.3) is 0 Å². The minimum absolute atomic E-state index is 0.315. The van der Waals surface area contributed by atoms with Gasteiger partial charge in [0.05, 0.1) is 16.3 Å². The van der Waals surface area contributed by atoms with Crippen LogP contribution in [0.15, 0.2) is 23.6 Å². The van der Waals surface area contributed by atoms with Gasteiger partial charge in [-0.15, -0.1) is 11.3 Å². The molecule has 0 saturated carbocycles. The van der Waals surface area contributed by atoms with Crippen molar-refractivity contribution in [2.75, 3.05) is 5.32 Å². The van der Waals surface area contributed by atoms with Crippen LogP contribution in [0.3, 0.4) is 0 Å². The summed E-state index contributed by atoms with van der Waals surface area (Å²) in [7, 11) is 0. The molecule has 3 rings (SSSR count). The summed E-state index contributed by atoms with van der Waals surface area (Å²) in [5, 5.41) is 5.20. The highest BCUT2D eigenvalue weighted by Crippen LogP contribution is 2.32. The second-order valence-electron chi connectivity index (χ2n) is 6.06. The van der Waals surface area contributed by atoms with Gasteiger partial charge in [0.2, 0.25) is 0 Å². The molecule has 1 heterocycles. The molecule has 0 spiro atoms. The Balaban J connectivity index is 1.58. The van der Waals surface area contributed by atoms with Gasteiger partial charge in [0.1, 0.15) is 0 Å². The Kier molecular flexibility index (Phi) is 5.51. The van der Waals surface area contributed by atoms with E-state index in [0.717, 1.165) is 24.8 Å². The van der Waals surface area contributed by atoms with Crippen LogP contribution in [-0.2, 0) is 12.8 Å². The van der Waals surface area contributed by atoms with Crippen molar-refractivity contribution in [1.82, 2.24) is 10.9 Å². The Labute approximate surface area is 159 Å². The van der Waals surface area contributed by atoms with E-state index >= 15 is 0 Å². The Morgan fingerprint density at radius 1 is 1.24 bits per heavy atom. The molecule has 2 aromatic rings. The molecule has 0 aliphatic heterocycles. The molecule has 1 aromatic carbocycles. The third kappa shape index (κ3) is 4.26. The molecule has 1 aliphatic carbocycles. The number of hydrogen-bond donors (Lipinski definition) is 3. The van der Waals surface area contributed by atoms with Crippen LogP contribution in [0.5, 0.6) is 0 Å². The Bertz CT molecular complexity index is 822. The molecule has 132 valence electrons. The van der Waals surface area contributed by atoms with Crippen molar-refractivity contribution >= 4 is 52.2 Å². The number of halogens is 2. The van der Waals surface area contributed by atoms with E-state index in [2.05, 4.69) is 23.1 Å². The number of urea groups is 1. The van der Waals surface area contributed by atoms with E-state index in [4.69, 9.17) is 23.2 Å². The van der Waals surface area contributed by atoms with Gasteiger partial charge in [0.25, 0.3) is 5.91 Å². The zero-order valence-electron chi connectivity index (χ0n) is 13.5. The van der Waals surface area contributed by atoms with Gasteiger partial charge < -0.3 is 5.32 Å². The van der Waals surface area contributed by atoms with E-state index in [1.807, 2.05) is 5.38 Å². The third-order valence-electron chi connectivity index (χ3n) is 4.12. The highest BCUT2D eigenvalue weighted by molar-refractivity contribution is 7.10. The summed E-state index contributed by atoms with van der Waals surface area (Å²) in [5.41, 5.74) is 6.91. The number of hydrazine groups is 1. The molecule has 0 bridgehead atoms. The van der Waals surface area contributed by atoms with Crippen molar-refractivity contribution in [2.24, 2.45) is 5.92 Å². The van der Waals surface area contributed by atoms with E-state index in [0.29, 0.717) is 27.2 Å². The monoisotopic (exact) mass is 397 g/mol. The lowest BCUT2D eigenvalue weighted by Gasteiger charge is -2.18. The smallest absolute Gasteiger partial charge is 0.305 e. The summed E-state index contributed by atoms with van der Waals surface area (Å²) in [6, 6.07) is 4.13. The average molecular weight is 398 g/mol. The average Bonchev–Trinajstić information content (AvgIpc) is 2.98. The van der Waals surface area contributed by atoms with Gasteiger partial charge >= 0.3 is 6.03 Å². The number of amides is 3. The maximum atomic E-state index is 12.3. The Hall–Kier alpha value is -1.76. The number of rotatable bonds is 2. The summed E-state index contributed by atoms with van der Waals surface area (Å²) < 4.78 is 0. The number of hydrogen-bond acceptors (Lipinski definition) is 3. The van der Waals surface area contributed by atoms with Crippen LogP contribution >= 0.6 is 34.5 Å². The van der Waals surface area contributed by atoms with Crippen molar-refractivity contribution in [1.29, 1.82) is 0 Å². The van der Waals surface area contributed by atoms with E-state index in [-0.39, 0.29) is 5.91 Å². The molecule has 1 aliphatic rings. The molecular weight excluding hydrogens is 381 g/mol. The molecule has 0 fully saturated rings. The zero-order chi connectivity index (χ0) is 18.0. The van der Waals surface area contributed by atoms with E-state index in [1.54, 1.807) is 23.5 Å². The van der Waals surface area contributed by atoms with Crippen molar-refractivity contribution in [3.63, 3.8) is 0 Å². The molecule has 0 radical (unpaired) electrons. The fraction of sp³-hybridized carbons (Fsp3) is 0.294. The summed E-state index contributed by atoms with van der Waals surface area (Å²) in [5.74, 6) is 0.333. The minimum Gasteiger partial charge on any atom is -0.305 e. The van der Waals surface area contributed by atoms with Crippen LogP contribution in [0.1, 0.15) is 34.1 Å². The lowest BCUT2D eigenvalue weighted by Crippen LogP contribution is -2.44. The van der Waals surface area contributed by atoms with E-state index < -0.39 is 6.03 Å². The zero-order valence-corrected chi connectivity index (χ0v) is 15.8. The van der Waals surface area contributed by atoms with E-state index in [1.165, 1.54) is 10.9 Å². The quantitative estimate of drug-likeness (QED) is 0.645. The minimum atomic E-state index is -0.588. The van der Waals surface area contributed by atoms with Crippen LogP contribution in [0, 0.1) is 5.92 Å². The molecule has 8 heteroatoms. The molecule has 3 amide bonds. The van der Waals surface area contributed by atoms with Crippen molar-refractivity contribution in [3.8, 4) is 0 Å². The first-order chi connectivity index (χ1) is 11.9. The second-order valence-corrected chi connectivity index (χ2v) is 7.86. The molecule has 25 heavy (non-hydrogen) atoms. The SMILES string of the molecule is C[C@@H]1CCc2c(C(=O)NNC(=O)Nc3ccc(Cl)cc3Cl)csc2C1. The van der Waals surface area contributed by atoms with Gasteiger partial charge in [0, 0.05) is 15.3 Å². The topological polar surface area (TPSA) is 70.2 Å². The van der Waals surface area contributed by atoms with Crippen LogP contribution in [0.4, 0.5) is 10.5 Å². The highest BCUT2D eigenvalue weighted by Gasteiger charge is 2.23. The van der Waals surface area contributed by atoms with Crippen molar-refractivity contribution in [2.45, 2.75) is 26.2 Å². The van der Waals surface area contributed by atoms with Gasteiger partial charge in [-0.2, -0.15) is 0 Å². The van der Waals surface area contributed by atoms with Crippen LogP contribution in [0.2, 0.25) is 10.0 Å². The fourth-order valence-electron chi connectivity index (χ4n) is 2.79. The maximum Gasteiger partial charge on any atom is 0.337 e. The first-order valence-electron chi connectivity index (χ1n) is 7.85. The van der Waals surface area contributed by atoms with Crippen LogP contribution in [-0.4, -0.2) is 11.9 Å². The largest absolute Gasteiger partial charge is 0.337 e. The summed E-state index contributed by atoms with van der Waals surface area (Å²) in [6.07, 6.45) is 2.98. The summed E-state index contributed by atoms with van der Waals surface area (Å²) in [4.78, 5) is 25.5. The van der Waals surface area contributed by atoms with E-state index in [9.17, 15) is 9.59 Å². The standard InChI is InChI=1S/C17H17Cl2N3O2S/c1-9-2-4-11-12(8-25-15(11)6-9)16(23)21-22-17(24)20-14-5-3-10(18)7-13(14)19/h3,5,7-9H,2,4,6H2,1H3,(H,21,23)(H2,20,22,24)/t9-/m1/s1. The lowest BCUT2D eigenvalue weighted by molar-refractivity contribution is 0.0937. The molecule has 5 nitrogen and oxygen atoms in total. The van der Waals surface area contributed by atoms with Crippen molar-refractivity contribution < 1.29 is 9.59 Å². The molecule has 0 unspecified atom stereocenters. The number of carbonyl (C=O) groups excluding carboxylic acids is 2. The maximum absolute atomic E-state index is 12.3. The number of carbonyl (C=O) groups is 2. The molecular formula is C17H17Cl2N3O2S. The Morgan fingerprint density at radius 3 is 2.80 bits per heavy atom. The molecule has 0 saturated heterocycles. The second kappa shape index (κ2) is 7.64. The third-order valence-corrected chi connectivity index (χ3v) is 5.71. The lowest BCUT2D eigenvalue weighted by atomic mass is 9.88. The summed E-state index contributed by atoms with van der Waals surface area (Å²) >= 11 is 13.4. The predicted molar refractivity (Wildman–Crippen MR) is 102 cm³/mol. The van der Waals surface area contributed by atoms with Crippen molar-refractivity contribution in [3.05, 3.63) is 49.6 Å². The first-order valence-corrected chi connectivity index (χ1v) is 9.49. The van der Waals surface area contributed by atoms with Gasteiger partial charge in [-0.1, -0.05) is 30.1 Å². The number of benzene rings is 1. The Morgan fingerprint density at radius 2 is 2.04 bits per heavy atom. The molecule has 1 aromatic heterocycles. The van der Waals surface area contributed by atoms with Gasteiger partial charge in [-0.05, 0) is 48.9 Å². The summed E-state index contributed by atoms with van der Waals surface area (Å²) in [6.45, 7) is 2.22. The van der Waals surface area contributed by atoms with Gasteiger partial charge in [-0.25, -0.2) is 10.2 Å². The van der Waals surface area contributed by atoms with Gasteiger partial charge in [0.15, 0.2) is 0 Å². The first kappa shape index (κ1) is 18.0. The highest BCUT2D eigenvalue weighted by atomic mass is 35.5. The molecule has 3 N–H and O–H groups in total. The fourth-order valence-corrected chi connectivity index (χ4v) is 4.49. The van der Waals surface area contributed by atoms with Crippen LogP contribution < -0.4 is 16.2 Å². The number of anilines is 1. The van der Waals surface area contributed by atoms with Gasteiger partial charge in [-0.3, -0.25) is 10.2 Å². The molecule has 1 atom stereocenters. The number of nitrogens with one attached hydrogen (secondary N) is 3. The number of fused-ring (bicyclic) bond motifs is 1. The normalized spacial score (nSPS) is 16.0.